The van der Waals surface area contributed by atoms with E-state index in [0.717, 1.165) is 11.3 Å². The van der Waals surface area contributed by atoms with Crippen molar-refractivity contribution in [1.82, 2.24) is 4.90 Å². The zero-order chi connectivity index (χ0) is 18.9. The summed E-state index contributed by atoms with van der Waals surface area (Å²) in [5, 5.41) is 3.50. The molecular weight excluding hydrogens is 352 g/mol. The van der Waals surface area contributed by atoms with E-state index in [1.807, 2.05) is 24.3 Å². The highest BCUT2D eigenvalue weighted by Crippen LogP contribution is 2.15. The zero-order valence-corrected chi connectivity index (χ0v) is 15.8. The van der Waals surface area contributed by atoms with Crippen molar-refractivity contribution in [3.63, 3.8) is 0 Å². The first kappa shape index (κ1) is 19.8. The summed E-state index contributed by atoms with van der Waals surface area (Å²) in [5.41, 5.74) is 1.76. The Morgan fingerprint density at radius 2 is 1.85 bits per heavy atom. The molecule has 0 aliphatic carbocycles. The third kappa shape index (κ3) is 6.41. The molecule has 2 aromatic rings. The number of hydrogen-bond acceptors (Lipinski definition) is 3. The van der Waals surface area contributed by atoms with Gasteiger partial charge in [-0.3, -0.25) is 9.59 Å². The summed E-state index contributed by atoms with van der Waals surface area (Å²) in [6.07, 6.45) is 0.932. The molecule has 0 spiro atoms. The van der Waals surface area contributed by atoms with Crippen molar-refractivity contribution in [2.75, 3.05) is 25.5 Å². The molecule has 0 unspecified atom stereocenters. The van der Waals surface area contributed by atoms with Gasteiger partial charge in [0.1, 0.15) is 5.75 Å². The topological polar surface area (TPSA) is 58.6 Å². The van der Waals surface area contributed by atoms with E-state index in [-0.39, 0.29) is 18.2 Å². The number of benzene rings is 2. The lowest BCUT2D eigenvalue weighted by molar-refractivity contribution is -0.129. The molecule has 5 nitrogen and oxygen atoms in total. The lowest BCUT2D eigenvalue weighted by Crippen LogP contribution is -2.33. The highest BCUT2D eigenvalue weighted by Gasteiger charge is 2.12. The molecule has 0 saturated heterocycles. The van der Waals surface area contributed by atoms with Gasteiger partial charge in [0.15, 0.2) is 0 Å². The third-order valence-corrected chi connectivity index (χ3v) is 4.22. The van der Waals surface area contributed by atoms with Crippen LogP contribution in [0.2, 0.25) is 5.02 Å². The number of rotatable bonds is 8. The summed E-state index contributed by atoms with van der Waals surface area (Å²) < 4.78 is 5.09. The number of ether oxygens (including phenoxy) is 1. The lowest BCUT2D eigenvalue weighted by Gasteiger charge is -2.21. The van der Waals surface area contributed by atoms with E-state index in [1.165, 1.54) is 6.92 Å². The average molecular weight is 375 g/mol. The van der Waals surface area contributed by atoms with Crippen molar-refractivity contribution >= 4 is 29.1 Å². The maximum Gasteiger partial charge on any atom is 0.226 e. The first-order chi connectivity index (χ1) is 12.5. The highest BCUT2D eigenvalue weighted by molar-refractivity contribution is 6.30. The van der Waals surface area contributed by atoms with Crippen LogP contribution in [-0.4, -0.2) is 36.9 Å². The molecule has 0 aliphatic heterocycles. The number of carbonyl (C=O) groups is 2. The van der Waals surface area contributed by atoms with E-state index >= 15 is 0 Å². The van der Waals surface area contributed by atoms with Gasteiger partial charge in [-0.05, 0) is 48.4 Å². The number of nitrogens with zero attached hydrogens (tertiary/aromatic N) is 1. The Labute approximate surface area is 158 Å². The van der Waals surface area contributed by atoms with Crippen molar-refractivity contribution in [3.05, 3.63) is 59.1 Å². The van der Waals surface area contributed by atoms with Crippen LogP contribution in [0.3, 0.4) is 0 Å². The molecule has 2 amide bonds. The van der Waals surface area contributed by atoms with Crippen LogP contribution in [0.1, 0.15) is 18.9 Å². The summed E-state index contributed by atoms with van der Waals surface area (Å²) in [7, 11) is 1.59. The van der Waals surface area contributed by atoms with Gasteiger partial charge in [0.2, 0.25) is 11.8 Å². The van der Waals surface area contributed by atoms with E-state index in [0.29, 0.717) is 30.2 Å². The van der Waals surface area contributed by atoms with E-state index in [2.05, 4.69) is 5.32 Å². The Morgan fingerprint density at radius 3 is 2.46 bits per heavy atom. The van der Waals surface area contributed by atoms with E-state index in [1.54, 1.807) is 36.3 Å². The van der Waals surface area contributed by atoms with E-state index in [9.17, 15) is 9.59 Å². The van der Waals surface area contributed by atoms with Crippen LogP contribution in [0.5, 0.6) is 5.75 Å². The number of amides is 2. The molecule has 2 aromatic carbocycles. The monoisotopic (exact) mass is 374 g/mol. The summed E-state index contributed by atoms with van der Waals surface area (Å²) in [6, 6.07) is 14.7. The van der Waals surface area contributed by atoms with Crippen LogP contribution < -0.4 is 10.1 Å². The fraction of sp³-hybridized carbons (Fsp3) is 0.300. The van der Waals surface area contributed by atoms with Crippen LogP contribution in [0, 0.1) is 0 Å². The smallest absolute Gasteiger partial charge is 0.226 e. The number of carbonyl (C=O) groups excluding carboxylic acids is 2. The first-order valence-electron chi connectivity index (χ1n) is 8.42. The van der Waals surface area contributed by atoms with Crippen LogP contribution >= 0.6 is 11.6 Å². The third-order valence-electron chi connectivity index (χ3n) is 3.99. The van der Waals surface area contributed by atoms with Gasteiger partial charge in [-0.15, -0.1) is 0 Å². The second-order valence-corrected chi connectivity index (χ2v) is 6.35. The minimum atomic E-state index is -0.135. The number of hydrogen-bond donors (Lipinski definition) is 1. The van der Waals surface area contributed by atoms with Crippen LogP contribution in [0.15, 0.2) is 48.5 Å². The van der Waals surface area contributed by atoms with Crippen molar-refractivity contribution in [2.24, 2.45) is 0 Å². The Kier molecular flexibility index (Phi) is 7.48. The van der Waals surface area contributed by atoms with Crippen molar-refractivity contribution < 1.29 is 14.3 Å². The van der Waals surface area contributed by atoms with Gasteiger partial charge in [-0.1, -0.05) is 23.7 Å². The molecule has 26 heavy (non-hydrogen) atoms. The molecule has 0 heterocycles. The molecule has 0 aliphatic rings. The molecule has 0 saturated carbocycles. The molecule has 0 radical (unpaired) electrons. The molecule has 138 valence electrons. The number of halogens is 1. The zero-order valence-electron chi connectivity index (χ0n) is 15.0. The summed E-state index contributed by atoms with van der Waals surface area (Å²) in [4.78, 5) is 25.6. The molecule has 0 aromatic heterocycles. The van der Waals surface area contributed by atoms with Crippen molar-refractivity contribution in [1.29, 1.82) is 0 Å². The van der Waals surface area contributed by atoms with E-state index in [4.69, 9.17) is 16.3 Å². The Balaban J connectivity index is 1.83. The fourth-order valence-corrected chi connectivity index (χ4v) is 2.73. The minimum absolute atomic E-state index is 0.0516. The predicted octanol–water partition coefficient (Wildman–Crippen LogP) is 3.77. The molecule has 0 bridgehead atoms. The van der Waals surface area contributed by atoms with Crippen LogP contribution in [0.25, 0.3) is 0 Å². The van der Waals surface area contributed by atoms with Gasteiger partial charge in [0.25, 0.3) is 0 Å². The molecule has 0 fully saturated rings. The quantitative estimate of drug-likeness (QED) is 0.765. The second kappa shape index (κ2) is 9.82. The molecule has 1 N–H and O–H groups in total. The largest absolute Gasteiger partial charge is 0.497 e. The maximum atomic E-state index is 12.1. The predicted molar refractivity (Wildman–Crippen MR) is 104 cm³/mol. The Morgan fingerprint density at radius 1 is 1.12 bits per heavy atom. The van der Waals surface area contributed by atoms with Gasteiger partial charge < -0.3 is 15.0 Å². The molecule has 6 heteroatoms. The minimum Gasteiger partial charge on any atom is -0.497 e. The summed E-state index contributed by atoms with van der Waals surface area (Å²) in [6.45, 7) is 2.43. The van der Waals surface area contributed by atoms with Crippen LogP contribution in [0.4, 0.5) is 5.69 Å². The normalized spacial score (nSPS) is 10.3. The van der Waals surface area contributed by atoms with Gasteiger partial charge in [-0.25, -0.2) is 0 Å². The van der Waals surface area contributed by atoms with Gasteiger partial charge in [0.05, 0.1) is 7.11 Å². The number of methoxy groups -OCH3 is 1. The lowest BCUT2D eigenvalue weighted by atomic mass is 10.1. The summed E-state index contributed by atoms with van der Waals surface area (Å²) >= 11 is 5.98. The molecular formula is C20H23ClN2O3. The average Bonchev–Trinajstić information content (AvgIpc) is 2.62. The van der Waals surface area contributed by atoms with E-state index < -0.39 is 0 Å². The standard InChI is InChI=1S/C20H23ClN2O3/c1-15(24)23(12-10-16-4-3-5-17(21)14-16)13-11-20(25)22-18-6-8-19(26-2)9-7-18/h3-9,14H,10-13H2,1-2H3,(H,22,25). The summed E-state index contributed by atoms with van der Waals surface area (Å²) in [5.74, 6) is 0.542. The fourth-order valence-electron chi connectivity index (χ4n) is 2.52. The first-order valence-corrected chi connectivity index (χ1v) is 8.79. The highest BCUT2D eigenvalue weighted by atomic mass is 35.5. The molecule has 2 rings (SSSR count). The van der Waals surface area contributed by atoms with Gasteiger partial charge in [0, 0.05) is 37.1 Å². The van der Waals surface area contributed by atoms with Crippen LogP contribution in [-0.2, 0) is 16.0 Å². The Bertz CT molecular complexity index is 747. The second-order valence-electron chi connectivity index (χ2n) is 5.91. The van der Waals surface area contributed by atoms with Crippen molar-refractivity contribution in [3.8, 4) is 5.75 Å². The van der Waals surface area contributed by atoms with Crippen molar-refractivity contribution in [2.45, 2.75) is 19.8 Å². The Hall–Kier alpha value is -2.53. The number of nitrogens with one attached hydrogen (secondary N) is 1. The SMILES string of the molecule is COc1ccc(NC(=O)CCN(CCc2cccc(Cl)c2)C(C)=O)cc1. The number of anilines is 1. The van der Waals surface area contributed by atoms with Gasteiger partial charge >= 0.3 is 0 Å². The maximum absolute atomic E-state index is 12.1. The van der Waals surface area contributed by atoms with Gasteiger partial charge in [-0.2, -0.15) is 0 Å². The molecule has 0 atom stereocenters.